The minimum Gasteiger partial charge on any atom is -0.311 e. The first-order valence-electron chi connectivity index (χ1n) is 4.28. The van der Waals surface area contributed by atoms with Crippen molar-refractivity contribution >= 4 is 38.7 Å². The third-order valence-corrected chi connectivity index (χ3v) is 2.69. The Morgan fingerprint density at radius 2 is 2.21 bits per heavy atom. The molecule has 2 aromatic rings. The first-order valence-corrected chi connectivity index (χ1v) is 5.45. The summed E-state index contributed by atoms with van der Waals surface area (Å²) in [4.78, 5) is 8.35. The molecule has 0 bridgehead atoms. The van der Waals surface area contributed by atoms with Crippen LogP contribution in [-0.2, 0) is 0 Å². The number of aromatic nitrogens is 3. The highest BCUT2D eigenvalue weighted by molar-refractivity contribution is 9.10. The molecule has 5 heteroatoms. The summed E-state index contributed by atoms with van der Waals surface area (Å²) in [6.07, 6.45) is 1.72. The molecule has 0 aliphatic rings. The van der Waals surface area contributed by atoms with Crippen molar-refractivity contribution in [2.45, 2.75) is 19.9 Å². The number of halogens is 2. The molecule has 0 radical (unpaired) electrons. The van der Waals surface area contributed by atoms with Crippen LogP contribution in [-0.4, -0.2) is 14.5 Å². The van der Waals surface area contributed by atoms with Crippen LogP contribution >= 0.6 is 27.5 Å². The molecular weight excluding hydrogens is 265 g/mol. The molecule has 0 amide bonds. The molecule has 74 valence electrons. The van der Waals surface area contributed by atoms with Gasteiger partial charge in [-0.1, -0.05) is 0 Å². The lowest BCUT2D eigenvalue weighted by molar-refractivity contribution is 0.618. The second-order valence-corrected chi connectivity index (χ2v) is 4.59. The fraction of sp³-hybridized carbons (Fsp3) is 0.333. The van der Waals surface area contributed by atoms with E-state index in [1.165, 1.54) is 0 Å². The van der Waals surface area contributed by atoms with E-state index < -0.39 is 0 Å². The SMILES string of the molecule is CC(C)n1c(Cl)nc2ncc(Br)cc21. The van der Waals surface area contributed by atoms with E-state index in [1.807, 2.05) is 10.6 Å². The Kier molecular flexibility index (Phi) is 2.49. The van der Waals surface area contributed by atoms with Gasteiger partial charge in [0, 0.05) is 16.7 Å². The third kappa shape index (κ3) is 1.53. The van der Waals surface area contributed by atoms with Crippen LogP contribution in [0.3, 0.4) is 0 Å². The fourth-order valence-corrected chi connectivity index (χ4v) is 2.10. The lowest BCUT2D eigenvalue weighted by atomic mass is 10.3. The van der Waals surface area contributed by atoms with E-state index in [0.29, 0.717) is 10.9 Å². The van der Waals surface area contributed by atoms with Gasteiger partial charge in [-0.05, 0) is 47.4 Å². The van der Waals surface area contributed by atoms with Gasteiger partial charge >= 0.3 is 0 Å². The molecule has 0 saturated heterocycles. The molecule has 2 heterocycles. The van der Waals surface area contributed by atoms with Gasteiger partial charge in [0.15, 0.2) is 5.65 Å². The molecule has 0 N–H and O–H groups in total. The number of hydrogen-bond donors (Lipinski definition) is 0. The number of pyridine rings is 1. The van der Waals surface area contributed by atoms with Gasteiger partial charge in [0.2, 0.25) is 5.28 Å². The van der Waals surface area contributed by atoms with Crippen molar-refractivity contribution in [3.05, 3.63) is 22.0 Å². The van der Waals surface area contributed by atoms with Crippen molar-refractivity contribution in [2.75, 3.05) is 0 Å². The van der Waals surface area contributed by atoms with Crippen LogP contribution < -0.4 is 0 Å². The van der Waals surface area contributed by atoms with Crippen molar-refractivity contribution in [2.24, 2.45) is 0 Å². The molecule has 0 aliphatic carbocycles. The molecule has 2 rings (SSSR count). The van der Waals surface area contributed by atoms with Crippen LogP contribution in [0.1, 0.15) is 19.9 Å². The van der Waals surface area contributed by atoms with Crippen molar-refractivity contribution in [3.63, 3.8) is 0 Å². The highest BCUT2D eigenvalue weighted by Gasteiger charge is 2.12. The summed E-state index contributed by atoms with van der Waals surface area (Å²) in [5, 5.41) is 0.487. The van der Waals surface area contributed by atoms with Gasteiger partial charge in [-0.25, -0.2) is 4.98 Å². The average Bonchev–Trinajstić information content (AvgIpc) is 2.40. The third-order valence-electron chi connectivity index (χ3n) is 1.99. The van der Waals surface area contributed by atoms with Crippen LogP contribution in [0.15, 0.2) is 16.7 Å². The Labute approximate surface area is 95.2 Å². The average molecular weight is 275 g/mol. The van der Waals surface area contributed by atoms with Crippen LogP contribution in [0, 0.1) is 0 Å². The van der Waals surface area contributed by atoms with Gasteiger partial charge in [0.1, 0.15) is 0 Å². The van der Waals surface area contributed by atoms with Gasteiger partial charge in [-0.2, -0.15) is 4.98 Å². The summed E-state index contributed by atoms with van der Waals surface area (Å²) in [5.74, 6) is 0. The van der Waals surface area contributed by atoms with E-state index in [1.54, 1.807) is 6.20 Å². The first kappa shape index (κ1) is 9.93. The highest BCUT2D eigenvalue weighted by Crippen LogP contribution is 2.24. The number of rotatable bonds is 1. The molecule has 0 fully saturated rings. The fourth-order valence-electron chi connectivity index (χ4n) is 1.42. The minimum atomic E-state index is 0.281. The Morgan fingerprint density at radius 1 is 1.50 bits per heavy atom. The minimum absolute atomic E-state index is 0.281. The monoisotopic (exact) mass is 273 g/mol. The molecule has 0 aromatic carbocycles. The quantitative estimate of drug-likeness (QED) is 0.797. The lowest BCUT2D eigenvalue weighted by Crippen LogP contribution is -2.00. The topological polar surface area (TPSA) is 30.7 Å². The van der Waals surface area contributed by atoms with Gasteiger partial charge < -0.3 is 4.57 Å². The lowest BCUT2D eigenvalue weighted by Gasteiger charge is -2.08. The molecule has 0 aliphatic heterocycles. The molecule has 0 saturated carbocycles. The van der Waals surface area contributed by atoms with E-state index in [-0.39, 0.29) is 6.04 Å². The molecule has 0 unspecified atom stereocenters. The van der Waals surface area contributed by atoms with Gasteiger partial charge in [0.25, 0.3) is 0 Å². The Balaban J connectivity index is 2.79. The van der Waals surface area contributed by atoms with Crippen LogP contribution in [0.2, 0.25) is 5.28 Å². The second-order valence-electron chi connectivity index (χ2n) is 3.34. The Morgan fingerprint density at radius 3 is 2.86 bits per heavy atom. The second kappa shape index (κ2) is 3.51. The summed E-state index contributed by atoms with van der Waals surface area (Å²) in [6.45, 7) is 4.13. The van der Waals surface area contributed by atoms with Crippen LogP contribution in [0.4, 0.5) is 0 Å². The number of fused-ring (bicyclic) bond motifs is 1. The highest BCUT2D eigenvalue weighted by atomic mass is 79.9. The number of hydrogen-bond acceptors (Lipinski definition) is 2. The van der Waals surface area contributed by atoms with E-state index >= 15 is 0 Å². The van der Waals surface area contributed by atoms with E-state index in [4.69, 9.17) is 11.6 Å². The predicted molar refractivity (Wildman–Crippen MR) is 60.6 cm³/mol. The maximum Gasteiger partial charge on any atom is 0.205 e. The largest absolute Gasteiger partial charge is 0.311 e. The number of nitrogens with zero attached hydrogens (tertiary/aromatic N) is 3. The van der Waals surface area contributed by atoms with Crippen molar-refractivity contribution in [1.82, 2.24) is 14.5 Å². The zero-order valence-corrected chi connectivity index (χ0v) is 10.2. The smallest absolute Gasteiger partial charge is 0.205 e. The molecule has 14 heavy (non-hydrogen) atoms. The van der Waals surface area contributed by atoms with Gasteiger partial charge in [0.05, 0.1) is 5.52 Å². The zero-order valence-electron chi connectivity index (χ0n) is 7.83. The normalized spacial score (nSPS) is 11.5. The Bertz CT molecular complexity index is 478. The summed E-state index contributed by atoms with van der Waals surface area (Å²) in [6, 6.07) is 2.25. The summed E-state index contributed by atoms with van der Waals surface area (Å²) in [5.41, 5.74) is 1.64. The van der Waals surface area contributed by atoms with Gasteiger partial charge in [-0.15, -0.1) is 0 Å². The zero-order chi connectivity index (χ0) is 10.3. The maximum atomic E-state index is 6.01. The van der Waals surface area contributed by atoms with Crippen molar-refractivity contribution in [3.8, 4) is 0 Å². The van der Waals surface area contributed by atoms with E-state index in [9.17, 15) is 0 Å². The van der Waals surface area contributed by atoms with Crippen LogP contribution in [0.25, 0.3) is 11.2 Å². The maximum absolute atomic E-state index is 6.01. The summed E-state index contributed by atoms with van der Waals surface area (Å²) < 4.78 is 2.89. The molecule has 0 spiro atoms. The Hall–Kier alpha value is -0.610. The first-order chi connectivity index (χ1) is 6.59. The predicted octanol–water partition coefficient (Wildman–Crippen LogP) is 3.43. The van der Waals surface area contributed by atoms with Crippen LogP contribution in [0.5, 0.6) is 0 Å². The van der Waals surface area contributed by atoms with Crippen molar-refractivity contribution in [1.29, 1.82) is 0 Å². The summed E-state index contributed by atoms with van der Waals surface area (Å²) >= 11 is 9.39. The molecular formula is C9H9BrClN3. The molecule has 0 atom stereocenters. The standard InChI is InChI=1S/C9H9BrClN3/c1-5(2)14-7-3-6(10)4-12-8(7)13-9(14)11/h3-5H,1-2H3. The number of imidazole rings is 1. The molecule has 3 nitrogen and oxygen atoms in total. The van der Waals surface area contributed by atoms with E-state index in [0.717, 1.165) is 9.99 Å². The van der Waals surface area contributed by atoms with E-state index in [2.05, 4.69) is 39.7 Å². The van der Waals surface area contributed by atoms with Gasteiger partial charge in [-0.3, -0.25) is 0 Å². The van der Waals surface area contributed by atoms with Crippen molar-refractivity contribution < 1.29 is 0 Å². The molecule has 2 aromatic heterocycles. The summed E-state index contributed by atoms with van der Waals surface area (Å²) in [7, 11) is 0.